The summed E-state index contributed by atoms with van der Waals surface area (Å²) in [7, 11) is 2.82. The van der Waals surface area contributed by atoms with Crippen molar-refractivity contribution in [2.75, 3.05) is 14.1 Å². The molecule has 2 rings (SSSR count). The van der Waals surface area contributed by atoms with Crippen LogP contribution in [0.5, 0.6) is 0 Å². The third kappa shape index (κ3) is 3.47. The summed E-state index contributed by atoms with van der Waals surface area (Å²) in [6.07, 6.45) is 7.10. The molecule has 2 aliphatic rings. The van der Waals surface area contributed by atoms with Crippen LogP contribution in [-0.4, -0.2) is 43.3 Å². The Hall–Kier alpha value is -1.89. The monoisotopic (exact) mass is 308 g/mol. The van der Waals surface area contributed by atoms with Crippen LogP contribution in [0, 0.1) is 5.92 Å². The lowest BCUT2D eigenvalue weighted by Crippen LogP contribution is -2.38. The van der Waals surface area contributed by atoms with E-state index in [1.165, 1.54) is 46.2 Å². The van der Waals surface area contributed by atoms with Gasteiger partial charge in [-0.25, -0.2) is 5.43 Å². The molecule has 0 aromatic rings. The van der Waals surface area contributed by atoms with Crippen molar-refractivity contribution in [1.82, 2.24) is 21.1 Å². The van der Waals surface area contributed by atoms with E-state index in [9.17, 15) is 14.4 Å². The summed E-state index contributed by atoms with van der Waals surface area (Å²) in [5.41, 5.74) is 6.75. The molecule has 0 aromatic carbocycles. The summed E-state index contributed by atoms with van der Waals surface area (Å²) in [6, 6.07) is 0.226. The number of nitrogens with one attached hydrogen (secondary N) is 3. The predicted octanol–water partition coefficient (Wildman–Crippen LogP) is 0.0481. The highest BCUT2D eigenvalue weighted by atomic mass is 16.2. The molecule has 0 aromatic heterocycles. The molecule has 0 spiro atoms. The van der Waals surface area contributed by atoms with E-state index in [0.29, 0.717) is 24.4 Å². The van der Waals surface area contributed by atoms with Gasteiger partial charge in [0.25, 0.3) is 11.8 Å². The second kappa shape index (κ2) is 7.40. The lowest BCUT2D eigenvalue weighted by Gasteiger charge is -2.26. The molecular formula is C15H24N4O3. The van der Waals surface area contributed by atoms with Gasteiger partial charge in [-0.05, 0) is 18.8 Å². The summed E-state index contributed by atoms with van der Waals surface area (Å²) in [4.78, 5) is 36.0. The van der Waals surface area contributed by atoms with Crippen molar-refractivity contribution >= 4 is 18.2 Å². The maximum atomic E-state index is 12.3. The lowest BCUT2D eigenvalue weighted by atomic mass is 9.83. The zero-order valence-corrected chi connectivity index (χ0v) is 13.1. The predicted molar refractivity (Wildman–Crippen MR) is 81.2 cm³/mol. The number of likely N-dealkylation sites (N-methyl/N-ethyl adjacent to an activating group) is 2. The first-order chi connectivity index (χ1) is 10.6. The standard InChI is InChI=1S/C15H24N4O3/c1-16-14(21)13(15(22)19(2)9-20)12-8-11(17-18-12)10-6-4-3-5-7-10/h9-11,17-18H,3-8H2,1-2H3,(H,16,21)/b13-12+. The fraction of sp³-hybridized carbons (Fsp3) is 0.667. The van der Waals surface area contributed by atoms with Gasteiger partial charge < -0.3 is 10.7 Å². The maximum absolute atomic E-state index is 12.3. The Kier molecular flexibility index (Phi) is 5.54. The van der Waals surface area contributed by atoms with Crippen molar-refractivity contribution in [2.24, 2.45) is 5.92 Å². The second-order valence-electron chi connectivity index (χ2n) is 5.93. The third-order valence-electron chi connectivity index (χ3n) is 4.50. The molecule has 1 aliphatic carbocycles. The number of imide groups is 1. The highest BCUT2D eigenvalue weighted by Crippen LogP contribution is 2.31. The number of nitrogens with zero attached hydrogens (tertiary/aromatic N) is 1. The number of hydrogen-bond donors (Lipinski definition) is 3. The topological polar surface area (TPSA) is 90.5 Å². The van der Waals surface area contributed by atoms with Crippen LogP contribution in [0.2, 0.25) is 0 Å². The number of carbonyl (C=O) groups excluding carboxylic acids is 3. The smallest absolute Gasteiger partial charge is 0.267 e. The van der Waals surface area contributed by atoms with Crippen molar-refractivity contribution in [1.29, 1.82) is 0 Å². The van der Waals surface area contributed by atoms with Crippen LogP contribution in [0.1, 0.15) is 38.5 Å². The van der Waals surface area contributed by atoms with Crippen LogP contribution >= 0.6 is 0 Å². The van der Waals surface area contributed by atoms with Crippen LogP contribution in [0.25, 0.3) is 0 Å². The Morgan fingerprint density at radius 3 is 2.55 bits per heavy atom. The maximum Gasteiger partial charge on any atom is 0.267 e. The molecule has 2 fully saturated rings. The van der Waals surface area contributed by atoms with Gasteiger partial charge in [0.2, 0.25) is 6.41 Å². The van der Waals surface area contributed by atoms with Crippen LogP contribution in [0.3, 0.4) is 0 Å². The van der Waals surface area contributed by atoms with Gasteiger partial charge in [-0.15, -0.1) is 0 Å². The van der Waals surface area contributed by atoms with Crippen LogP contribution in [0.4, 0.5) is 0 Å². The van der Waals surface area contributed by atoms with Crippen molar-refractivity contribution in [2.45, 2.75) is 44.6 Å². The molecule has 7 heteroatoms. The third-order valence-corrected chi connectivity index (χ3v) is 4.50. The zero-order valence-electron chi connectivity index (χ0n) is 13.1. The van der Waals surface area contributed by atoms with E-state index >= 15 is 0 Å². The van der Waals surface area contributed by atoms with Gasteiger partial charge in [0.1, 0.15) is 5.57 Å². The number of amides is 3. The van der Waals surface area contributed by atoms with E-state index < -0.39 is 11.8 Å². The number of carbonyl (C=O) groups is 3. The molecule has 1 atom stereocenters. The normalized spacial score (nSPS) is 24.4. The Bertz CT molecular complexity index is 483. The fourth-order valence-electron chi connectivity index (χ4n) is 3.20. The molecule has 1 heterocycles. The fourth-order valence-corrected chi connectivity index (χ4v) is 3.20. The van der Waals surface area contributed by atoms with E-state index in [2.05, 4.69) is 16.2 Å². The molecule has 3 N–H and O–H groups in total. The van der Waals surface area contributed by atoms with Crippen LogP contribution < -0.4 is 16.2 Å². The van der Waals surface area contributed by atoms with Crippen molar-refractivity contribution in [3.05, 3.63) is 11.3 Å². The molecular weight excluding hydrogens is 284 g/mol. The Balaban J connectivity index is 2.18. The summed E-state index contributed by atoms with van der Waals surface area (Å²) in [5, 5.41) is 2.47. The lowest BCUT2D eigenvalue weighted by molar-refractivity contribution is -0.134. The van der Waals surface area contributed by atoms with E-state index in [1.54, 1.807) is 0 Å². The van der Waals surface area contributed by atoms with E-state index in [4.69, 9.17) is 0 Å². The van der Waals surface area contributed by atoms with Gasteiger partial charge in [0.05, 0.1) is 0 Å². The number of hydrogen-bond acceptors (Lipinski definition) is 5. The summed E-state index contributed by atoms with van der Waals surface area (Å²) in [5.74, 6) is -0.515. The summed E-state index contributed by atoms with van der Waals surface area (Å²) in [6.45, 7) is 0. The average Bonchev–Trinajstić information content (AvgIpc) is 3.04. The molecule has 3 amide bonds. The SMILES string of the molecule is CNC(=O)/C(C(=O)N(C)C=O)=C1/CC(C2CCCCC2)NN1. The highest BCUT2D eigenvalue weighted by Gasteiger charge is 2.33. The van der Waals surface area contributed by atoms with Crippen molar-refractivity contribution in [3.63, 3.8) is 0 Å². The highest BCUT2D eigenvalue weighted by molar-refractivity contribution is 6.20. The molecule has 1 unspecified atom stereocenters. The summed E-state index contributed by atoms with van der Waals surface area (Å²) < 4.78 is 0. The minimum atomic E-state index is -0.594. The van der Waals surface area contributed by atoms with E-state index in [0.717, 1.165) is 4.90 Å². The molecule has 1 saturated heterocycles. The molecule has 0 bridgehead atoms. The first-order valence-corrected chi connectivity index (χ1v) is 7.77. The molecule has 1 aliphatic heterocycles. The Morgan fingerprint density at radius 2 is 1.95 bits per heavy atom. The largest absolute Gasteiger partial charge is 0.355 e. The van der Waals surface area contributed by atoms with Gasteiger partial charge >= 0.3 is 0 Å². The first-order valence-electron chi connectivity index (χ1n) is 7.77. The average molecular weight is 308 g/mol. The first kappa shape index (κ1) is 16.5. The zero-order chi connectivity index (χ0) is 16.1. The quantitative estimate of drug-likeness (QED) is 0.295. The Labute approximate surface area is 130 Å². The van der Waals surface area contributed by atoms with E-state index in [-0.39, 0.29) is 11.6 Å². The van der Waals surface area contributed by atoms with E-state index in [1.807, 2.05) is 0 Å². The van der Waals surface area contributed by atoms with Gasteiger partial charge in [0, 0.05) is 32.3 Å². The number of rotatable bonds is 4. The molecule has 122 valence electrons. The van der Waals surface area contributed by atoms with Crippen LogP contribution in [-0.2, 0) is 14.4 Å². The van der Waals surface area contributed by atoms with Gasteiger partial charge in [-0.1, -0.05) is 19.3 Å². The second-order valence-corrected chi connectivity index (χ2v) is 5.93. The summed E-state index contributed by atoms with van der Waals surface area (Å²) >= 11 is 0. The minimum Gasteiger partial charge on any atom is -0.355 e. The molecule has 22 heavy (non-hydrogen) atoms. The van der Waals surface area contributed by atoms with Crippen molar-refractivity contribution < 1.29 is 14.4 Å². The molecule has 7 nitrogen and oxygen atoms in total. The van der Waals surface area contributed by atoms with Gasteiger partial charge in [0.15, 0.2) is 0 Å². The number of hydrazine groups is 1. The minimum absolute atomic E-state index is 0.00269. The van der Waals surface area contributed by atoms with Crippen LogP contribution in [0.15, 0.2) is 11.3 Å². The molecule has 0 radical (unpaired) electrons. The van der Waals surface area contributed by atoms with Crippen molar-refractivity contribution in [3.8, 4) is 0 Å². The Morgan fingerprint density at radius 1 is 1.27 bits per heavy atom. The molecule has 1 saturated carbocycles. The van der Waals surface area contributed by atoms with Gasteiger partial charge in [-0.3, -0.25) is 19.3 Å². The van der Waals surface area contributed by atoms with Gasteiger partial charge in [-0.2, -0.15) is 0 Å².